The van der Waals surface area contributed by atoms with Gasteiger partial charge in [0.05, 0.1) is 17.7 Å². The predicted molar refractivity (Wildman–Crippen MR) is 124 cm³/mol. The van der Waals surface area contributed by atoms with Crippen molar-refractivity contribution in [1.29, 1.82) is 0 Å². The van der Waals surface area contributed by atoms with E-state index >= 15 is 0 Å². The number of nitrogens with zero attached hydrogens (tertiary/aromatic N) is 1. The van der Waals surface area contributed by atoms with Crippen molar-refractivity contribution in [3.8, 4) is 0 Å². The first-order chi connectivity index (χ1) is 16.0. The van der Waals surface area contributed by atoms with Gasteiger partial charge in [-0.2, -0.15) is 11.3 Å². The van der Waals surface area contributed by atoms with Crippen LogP contribution in [0.1, 0.15) is 45.9 Å². The Labute approximate surface area is 196 Å². The highest BCUT2D eigenvalue weighted by Crippen LogP contribution is 2.52. The third kappa shape index (κ3) is 3.98. The zero-order valence-corrected chi connectivity index (χ0v) is 19.2. The van der Waals surface area contributed by atoms with Gasteiger partial charge in [0.25, 0.3) is 5.91 Å². The first kappa shape index (κ1) is 22.2. The number of methoxy groups -OCH3 is 1. The molecule has 1 saturated heterocycles. The molecule has 2 aliphatic rings. The van der Waals surface area contributed by atoms with Crippen molar-refractivity contribution in [3.63, 3.8) is 0 Å². The maximum atomic E-state index is 14.2. The van der Waals surface area contributed by atoms with Gasteiger partial charge in [0, 0.05) is 30.0 Å². The summed E-state index contributed by atoms with van der Waals surface area (Å²) in [6.45, 7) is 1.84. The van der Waals surface area contributed by atoms with Crippen LogP contribution in [-0.4, -0.2) is 37.1 Å². The molecule has 7 heteroatoms. The molecule has 0 radical (unpaired) electrons. The van der Waals surface area contributed by atoms with E-state index in [0.29, 0.717) is 17.7 Å². The molecule has 5 rings (SSSR count). The average Bonchev–Trinajstić information content (AvgIpc) is 3.45. The second kappa shape index (κ2) is 8.97. The molecule has 1 amide bonds. The third-order valence-corrected chi connectivity index (χ3v) is 7.84. The molecule has 1 N–H and O–H groups in total. The van der Waals surface area contributed by atoms with Crippen molar-refractivity contribution in [2.24, 2.45) is 0 Å². The second-order valence-corrected chi connectivity index (χ2v) is 9.65. The van der Waals surface area contributed by atoms with E-state index in [4.69, 9.17) is 4.74 Å². The van der Waals surface area contributed by atoms with Gasteiger partial charge in [0.15, 0.2) is 0 Å². The lowest BCUT2D eigenvalue weighted by molar-refractivity contribution is -0.0123. The van der Waals surface area contributed by atoms with Crippen LogP contribution in [0.25, 0.3) is 0 Å². The number of piperidine rings is 1. The van der Waals surface area contributed by atoms with Crippen LogP contribution >= 0.6 is 11.3 Å². The van der Waals surface area contributed by atoms with Crippen molar-refractivity contribution in [3.05, 3.63) is 93.2 Å². The van der Waals surface area contributed by atoms with Crippen LogP contribution in [0.2, 0.25) is 0 Å². The summed E-state index contributed by atoms with van der Waals surface area (Å²) < 4.78 is 33.9. The number of hydrogen-bond acceptors (Lipinski definition) is 4. The van der Waals surface area contributed by atoms with Gasteiger partial charge in [-0.05, 0) is 66.7 Å². The third-order valence-electron chi connectivity index (χ3n) is 7.15. The van der Waals surface area contributed by atoms with Gasteiger partial charge in [-0.1, -0.05) is 24.3 Å². The fourth-order valence-electron chi connectivity index (χ4n) is 5.56. The zero-order valence-electron chi connectivity index (χ0n) is 18.4. The van der Waals surface area contributed by atoms with Crippen molar-refractivity contribution in [1.82, 2.24) is 10.2 Å². The summed E-state index contributed by atoms with van der Waals surface area (Å²) in [5, 5.41) is 6.95. The van der Waals surface area contributed by atoms with E-state index in [9.17, 15) is 13.6 Å². The minimum atomic E-state index is -0.423. The number of rotatable bonds is 5. The Kier molecular flexibility index (Phi) is 6.03. The van der Waals surface area contributed by atoms with Crippen LogP contribution in [-0.2, 0) is 16.7 Å². The van der Waals surface area contributed by atoms with Gasteiger partial charge in [-0.3, -0.25) is 9.69 Å². The molecule has 1 fully saturated rings. The smallest absolute Gasteiger partial charge is 0.252 e. The Morgan fingerprint density at radius 3 is 2.70 bits per heavy atom. The second-order valence-electron chi connectivity index (χ2n) is 8.87. The number of halogens is 2. The molecule has 3 aromatic rings. The number of benzene rings is 2. The van der Waals surface area contributed by atoms with E-state index in [1.807, 2.05) is 29.0 Å². The summed E-state index contributed by atoms with van der Waals surface area (Å²) in [6, 6.07) is 13.4. The number of hydrogen-bond donors (Lipinski definition) is 1. The molecule has 4 nitrogen and oxygen atoms in total. The normalized spacial score (nSPS) is 21.8. The highest BCUT2D eigenvalue weighted by molar-refractivity contribution is 7.08. The highest BCUT2D eigenvalue weighted by Gasteiger charge is 2.54. The van der Waals surface area contributed by atoms with E-state index in [1.165, 1.54) is 29.0 Å². The zero-order chi connectivity index (χ0) is 23.0. The predicted octanol–water partition coefficient (Wildman–Crippen LogP) is 5.06. The number of carbonyl (C=O) groups is 1. The minimum absolute atomic E-state index is 0.103. The van der Waals surface area contributed by atoms with E-state index in [-0.39, 0.29) is 29.3 Å². The van der Waals surface area contributed by atoms with Gasteiger partial charge in [0.2, 0.25) is 0 Å². The van der Waals surface area contributed by atoms with E-state index in [2.05, 4.69) is 22.3 Å². The summed E-state index contributed by atoms with van der Waals surface area (Å²) in [6.07, 6.45) is 1.42. The molecule has 2 aromatic carbocycles. The Morgan fingerprint density at radius 2 is 1.97 bits per heavy atom. The molecule has 2 heterocycles. The van der Waals surface area contributed by atoms with E-state index < -0.39 is 5.82 Å². The summed E-state index contributed by atoms with van der Waals surface area (Å²) in [4.78, 5) is 15.0. The van der Waals surface area contributed by atoms with E-state index in [1.54, 1.807) is 7.11 Å². The van der Waals surface area contributed by atoms with Crippen molar-refractivity contribution in [2.75, 3.05) is 20.2 Å². The lowest BCUT2D eigenvalue weighted by Gasteiger charge is -2.44. The Balaban J connectivity index is 1.38. The highest BCUT2D eigenvalue weighted by atomic mass is 32.1. The number of fused-ring (bicyclic) bond motifs is 2. The number of ether oxygens (including phenoxy) is 1. The number of nitrogens with one attached hydrogen (secondary N) is 1. The molecule has 2 atom stereocenters. The molecule has 0 unspecified atom stereocenters. The van der Waals surface area contributed by atoms with Crippen molar-refractivity contribution < 1.29 is 18.3 Å². The first-order valence-electron chi connectivity index (χ1n) is 11.1. The quantitative estimate of drug-likeness (QED) is 0.569. The molecule has 1 aromatic heterocycles. The number of thiophene rings is 1. The summed E-state index contributed by atoms with van der Waals surface area (Å²) in [5.41, 5.74) is 3.10. The Hall–Kier alpha value is -2.61. The standard InChI is InChI=1S/C26H26F2N2O2S/c1-32-24-23(29-25(31)17-8-13-33-16-17)20-4-2-3-5-21(20)26(24)9-11-30(12-10-26)15-18-14-19(27)6-7-22(18)28/h2-8,13-14,16,23-24H,9-12,15H2,1H3,(H,29,31)/t23-,24+/m1/s1. The van der Waals surface area contributed by atoms with Crippen LogP contribution in [0.5, 0.6) is 0 Å². The van der Waals surface area contributed by atoms with Gasteiger partial charge in [0.1, 0.15) is 11.6 Å². The fraction of sp³-hybridized carbons (Fsp3) is 0.346. The topological polar surface area (TPSA) is 41.6 Å². The number of likely N-dealkylation sites (tertiary alicyclic amines) is 1. The lowest BCUT2D eigenvalue weighted by Crippen LogP contribution is -2.50. The van der Waals surface area contributed by atoms with Gasteiger partial charge in [-0.25, -0.2) is 8.78 Å². The Morgan fingerprint density at radius 1 is 1.18 bits per heavy atom. The van der Waals surface area contributed by atoms with Gasteiger partial charge < -0.3 is 10.1 Å². The molecule has 0 saturated carbocycles. The summed E-state index contributed by atoms with van der Waals surface area (Å²) in [7, 11) is 1.70. The Bertz CT molecular complexity index is 1140. The first-order valence-corrected chi connectivity index (χ1v) is 12.1. The number of carbonyl (C=O) groups excluding carboxylic acids is 1. The fourth-order valence-corrected chi connectivity index (χ4v) is 6.20. The van der Waals surface area contributed by atoms with Crippen molar-refractivity contribution in [2.45, 2.75) is 36.9 Å². The lowest BCUT2D eigenvalue weighted by atomic mass is 9.71. The molecular weight excluding hydrogens is 442 g/mol. The molecule has 1 spiro atoms. The maximum absolute atomic E-state index is 14.2. The molecular formula is C26H26F2N2O2S. The average molecular weight is 469 g/mol. The minimum Gasteiger partial charge on any atom is -0.378 e. The van der Waals surface area contributed by atoms with Crippen molar-refractivity contribution >= 4 is 17.2 Å². The van der Waals surface area contributed by atoms with Crippen LogP contribution in [0, 0.1) is 11.6 Å². The molecule has 172 valence electrons. The SMILES string of the molecule is CO[C@H]1[C@H](NC(=O)c2ccsc2)c2ccccc2C12CCN(Cc1cc(F)ccc1F)CC2. The van der Waals surface area contributed by atoms with E-state index in [0.717, 1.165) is 37.6 Å². The number of amides is 1. The molecule has 0 bridgehead atoms. The van der Waals surface area contributed by atoms with Crippen LogP contribution in [0.15, 0.2) is 59.3 Å². The van der Waals surface area contributed by atoms with Crippen LogP contribution in [0.4, 0.5) is 8.78 Å². The largest absolute Gasteiger partial charge is 0.378 e. The monoisotopic (exact) mass is 468 g/mol. The maximum Gasteiger partial charge on any atom is 0.252 e. The molecule has 1 aliphatic heterocycles. The molecule has 33 heavy (non-hydrogen) atoms. The van der Waals surface area contributed by atoms with Gasteiger partial charge in [-0.15, -0.1) is 0 Å². The van der Waals surface area contributed by atoms with Crippen LogP contribution in [0.3, 0.4) is 0 Å². The van der Waals surface area contributed by atoms with Gasteiger partial charge >= 0.3 is 0 Å². The molecule has 1 aliphatic carbocycles. The van der Waals surface area contributed by atoms with Crippen LogP contribution < -0.4 is 5.32 Å². The summed E-state index contributed by atoms with van der Waals surface area (Å²) in [5.74, 6) is -0.906. The summed E-state index contributed by atoms with van der Waals surface area (Å²) >= 11 is 1.49.